The van der Waals surface area contributed by atoms with Crippen molar-refractivity contribution in [2.75, 3.05) is 7.05 Å². The Balaban J connectivity index is 1.67. The van der Waals surface area contributed by atoms with Gasteiger partial charge in [-0.25, -0.2) is 14.1 Å². The topological polar surface area (TPSA) is 51.0 Å². The number of likely N-dealkylation sites (N-methyl/N-ethyl adjacent to an activating group) is 1. The van der Waals surface area contributed by atoms with Gasteiger partial charge in [-0.05, 0) is 42.3 Å². The molecule has 0 aliphatic carbocycles. The van der Waals surface area contributed by atoms with Crippen molar-refractivity contribution in [3.63, 3.8) is 0 Å². The van der Waals surface area contributed by atoms with Gasteiger partial charge in [0.1, 0.15) is 18.5 Å². The highest BCUT2D eigenvalue weighted by Gasteiger charge is 2.17. The molecular formula is C19H19FN4O. The first kappa shape index (κ1) is 16.8. The number of hydrogen-bond acceptors (Lipinski definition) is 3. The average molecular weight is 338 g/mol. The van der Waals surface area contributed by atoms with Crippen LogP contribution in [0.2, 0.25) is 0 Å². The highest BCUT2D eigenvalue weighted by atomic mass is 19.1. The fourth-order valence-electron chi connectivity index (χ4n) is 2.59. The molecule has 1 atom stereocenters. The molecule has 0 spiro atoms. The molecule has 6 heteroatoms. The van der Waals surface area contributed by atoms with Gasteiger partial charge in [-0.1, -0.05) is 24.3 Å². The second-order valence-electron chi connectivity index (χ2n) is 5.92. The van der Waals surface area contributed by atoms with Crippen molar-refractivity contribution in [2.45, 2.75) is 19.4 Å². The molecule has 3 aromatic rings. The van der Waals surface area contributed by atoms with Crippen LogP contribution in [0.4, 0.5) is 4.39 Å². The van der Waals surface area contributed by atoms with Crippen molar-refractivity contribution >= 4 is 5.91 Å². The first-order valence-corrected chi connectivity index (χ1v) is 7.99. The van der Waals surface area contributed by atoms with Gasteiger partial charge in [-0.15, -0.1) is 0 Å². The highest BCUT2D eigenvalue weighted by Crippen LogP contribution is 2.21. The lowest BCUT2D eigenvalue weighted by Crippen LogP contribution is -2.31. The molecule has 1 heterocycles. The standard InChI is InChI=1S/C19H19FN4O/c1-14(16-5-9-18(10-6-16)24-13-21-12-22-24)23(2)19(25)11-15-3-7-17(20)8-4-15/h3-10,12-14H,11H2,1-2H3/t14-/m1/s1. The van der Waals surface area contributed by atoms with Gasteiger partial charge < -0.3 is 4.90 Å². The van der Waals surface area contributed by atoms with E-state index >= 15 is 0 Å². The number of amides is 1. The molecule has 0 radical (unpaired) electrons. The fourth-order valence-corrected chi connectivity index (χ4v) is 2.59. The van der Waals surface area contributed by atoms with Crippen LogP contribution >= 0.6 is 0 Å². The van der Waals surface area contributed by atoms with E-state index < -0.39 is 0 Å². The summed E-state index contributed by atoms with van der Waals surface area (Å²) < 4.78 is 14.6. The summed E-state index contributed by atoms with van der Waals surface area (Å²) in [5.74, 6) is -0.315. The number of hydrogen-bond donors (Lipinski definition) is 0. The third-order valence-electron chi connectivity index (χ3n) is 4.30. The molecule has 0 N–H and O–H groups in total. The molecule has 0 unspecified atom stereocenters. The van der Waals surface area contributed by atoms with Gasteiger partial charge in [0.2, 0.25) is 5.91 Å². The van der Waals surface area contributed by atoms with E-state index in [1.54, 1.807) is 35.1 Å². The number of halogens is 1. The minimum Gasteiger partial charge on any atom is -0.339 e. The maximum Gasteiger partial charge on any atom is 0.227 e. The van der Waals surface area contributed by atoms with Crippen molar-refractivity contribution in [3.8, 4) is 5.69 Å². The van der Waals surface area contributed by atoms with Gasteiger partial charge in [0.05, 0.1) is 18.2 Å². The average Bonchev–Trinajstić information content (AvgIpc) is 3.17. The maximum atomic E-state index is 13.0. The second-order valence-corrected chi connectivity index (χ2v) is 5.92. The largest absolute Gasteiger partial charge is 0.339 e. The molecule has 0 aliphatic heterocycles. The Hall–Kier alpha value is -3.02. The van der Waals surface area contributed by atoms with Gasteiger partial charge in [0.25, 0.3) is 0 Å². The molecule has 1 aromatic heterocycles. The number of carbonyl (C=O) groups excluding carboxylic acids is 1. The number of rotatable bonds is 5. The van der Waals surface area contributed by atoms with Crippen molar-refractivity contribution in [1.82, 2.24) is 19.7 Å². The summed E-state index contributed by atoms with van der Waals surface area (Å²) in [6, 6.07) is 13.8. The lowest BCUT2D eigenvalue weighted by molar-refractivity contribution is -0.131. The molecular weight excluding hydrogens is 319 g/mol. The predicted octanol–water partition coefficient (Wildman–Crippen LogP) is 3.17. The summed E-state index contributed by atoms with van der Waals surface area (Å²) in [5.41, 5.74) is 2.74. The minimum atomic E-state index is -0.301. The molecule has 0 saturated carbocycles. The first-order chi connectivity index (χ1) is 12.0. The van der Waals surface area contributed by atoms with E-state index in [2.05, 4.69) is 10.1 Å². The van der Waals surface area contributed by atoms with Gasteiger partial charge in [0, 0.05) is 7.05 Å². The number of aromatic nitrogens is 3. The number of carbonyl (C=O) groups is 1. The smallest absolute Gasteiger partial charge is 0.227 e. The zero-order chi connectivity index (χ0) is 17.8. The molecule has 25 heavy (non-hydrogen) atoms. The monoisotopic (exact) mass is 338 g/mol. The van der Waals surface area contributed by atoms with Crippen molar-refractivity contribution in [2.24, 2.45) is 0 Å². The Morgan fingerprint density at radius 3 is 2.44 bits per heavy atom. The Labute approximate surface area is 145 Å². The molecule has 128 valence electrons. The van der Waals surface area contributed by atoms with Crippen molar-refractivity contribution in [3.05, 3.63) is 78.1 Å². The highest BCUT2D eigenvalue weighted by molar-refractivity contribution is 5.79. The Bertz CT molecular complexity index is 829. The normalized spacial score (nSPS) is 12.0. The lowest BCUT2D eigenvalue weighted by atomic mass is 10.1. The lowest BCUT2D eigenvalue weighted by Gasteiger charge is -2.25. The van der Waals surface area contributed by atoms with Crippen LogP contribution < -0.4 is 0 Å². The minimum absolute atomic E-state index is 0.0144. The fraction of sp³-hybridized carbons (Fsp3) is 0.211. The van der Waals surface area contributed by atoms with Crippen LogP contribution in [-0.2, 0) is 11.2 Å². The van der Waals surface area contributed by atoms with Crippen LogP contribution in [0.5, 0.6) is 0 Å². The predicted molar refractivity (Wildman–Crippen MR) is 92.6 cm³/mol. The molecule has 0 bridgehead atoms. The van der Waals surface area contributed by atoms with E-state index in [1.807, 2.05) is 31.2 Å². The summed E-state index contributed by atoms with van der Waals surface area (Å²) in [7, 11) is 1.78. The van der Waals surface area contributed by atoms with E-state index in [0.29, 0.717) is 0 Å². The number of nitrogens with zero attached hydrogens (tertiary/aromatic N) is 4. The SMILES string of the molecule is C[C@H](c1ccc(-n2cncn2)cc1)N(C)C(=O)Cc1ccc(F)cc1. The summed E-state index contributed by atoms with van der Waals surface area (Å²) in [6.07, 6.45) is 3.37. The number of benzene rings is 2. The van der Waals surface area contributed by atoms with E-state index in [9.17, 15) is 9.18 Å². The maximum absolute atomic E-state index is 13.0. The van der Waals surface area contributed by atoms with E-state index in [4.69, 9.17) is 0 Å². The third kappa shape index (κ3) is 3.91. The summed E-state index contributed by atoms with van der Waals surface area (Å²) in [6.45, 7) is 1.98. The molecule has 0 saturated heterocycles. The van der Waals surface area contributed by atoms with Gasteiger partial charge >= 0.3 is 0 Å². The van der Waals surface area contributed by atoms with Gasteiger partial charge in [-0.3, -0.25) is 4.79 Å². The molecule has 5 nitrogen and oxygen atoms in total. The van der Waals surface area contributed by atoms with Crippen LogP contribution in [0.15, 0.2) is 61.2 Å². The molecule has 3 rings (SSSR count). The summed E-state index contributed by atoms with van der Waals surface area (Å²) >= 11 is 0. The summed E-state index contributed by atoms with van der Waals surface area (Å²) in [5, 5.41) is 4.09. The molecule has 1 amide bonds. The van der Waals surface area contributed by atoms with Crippen LogP contribution in [-0.4, -0.2) is 32.6 Å². The van der Waals surface area contributed by atoms with Gasteiger partial charge in [0.15, 0.2) is 0 Å². The molecule has 2 aromatic carbocycles. The zero-order valence-electron chi connectivity index (χ0n) is 14.1. The Morgan fingerprint density at radius 1 is 1.16 bits per heavy atom. The van der Waals surface area contributed by atoms with Crippen LogP contribution in [0.25, 0.3) is 5.69 Å². The van der Waals surface area contributed by atoms with Gasteiger partial charge in [-0.2, -0.15) is 5.10 Å². The van der Waals surface area contributed by atoms with E-state index in [-0.39, 0.29) is 24.2 Å². The van der Waals surface area contributed by atoms with E-state index in [1.165, 1.54) is 18.5 Å². The second kappa shape index (κ2) is 7.25. The third-order valence-corrected chi connectivity index (χ3v) is 4.30. The van der Waals surface area contributed by atoms with Crippen LogP contribution in [0, 0.1) is 5.82 Å². The van der Waals surface area contributed by atoms with Crippen molar-refractivity contribution < 1.29 is 9.18 Å². The molecule has 0 aliphatic rings. The van der Waals surface area contributed by atoms with Crippen LogP contribution in [0.3, 0.4) is 0 Å². The Kier molecular flexibility index (Phi) is 4.88. The zero-order valence-corrected chi connectivity index (χ0v) is 14.1. The molecule has 0 fully saturated rings. The quantitative estimate of drug-likeness (QED) is 0.718. The van der Waals surface area contributed by atoms with E-state index in [0.717, 1.165) is 16.8 Å². The van der Waals surface area contributed by atoms with Crippen LogP contribution in [0.1, 0.15) is 24.1 Å². The summed E-state index contributed by atoms with van der Waals surface area (Å²) in [4.78, 5) is 18.1. The van der Waals surface area contributed by atoms with Crippen molar-refractivity contribution in [1.29, 1.82) is 0 Å². The Morgan fingerprint density at radius 2 is 1.84 bits per heavy atom. The first-order valence-electron chi connectivity index (χ1n) is 7.99.